The molecule has 4 amide bonds. The van der Waals surface area contributed by atoms with Gasteiger partial charge in [-0.2, -0.15) is 0 Å². The summed E-state index contributed by atoms with van der Waals surface area (Å²) in [6.45, 7) is 13.8. The molecular formula is C79H99Br3F8N8O10. The lowest BCUT2D eigenvalue weighted by atomic mass is 10.1. The zero-order chi connectivity index (χ0) is 77.7. The number of benzene rings is 6. The van der Waals surface area contributed by atoms with Crippen molar-refractivity contribution in [1.82, 2.24) is 30.2 Å². The number of piperazine rings is 2. The first kappa shape index (κ1) is 87.6. The van der Waals surface area contributed by atoms with Crippen LogP contribution in [0.4, 0.5) is 65.7 Å². The lowest BCUT2D eigenvalue weighted by molar-refractivity contribution is 0.156. The Hall–Kier alpha value is -7.60. The van der Waals surface area contributed by atoms with Gasteiger partial charge in [0, 0.05) is 88.0 Å². The number of halogens is 11. The quantitative estimate of drug-likeness (QED) is 0.0206. The topological polar surface area (TPSA) is 167 Å². The third kappa shape index (κ3) is 27.5. The summed E-state index contributed by atoms with van der Waals surface area (Å²) in [5.74, 6) is -5.32. The Balaban J connectivity index is 0.000000190. The van der Waals surface area contributed by atoms with Crippen LogP contribution in [0.25, 0.3) is 0 Å². The van der Waals surface area contributed by atoms with Crippen LogP contribution in [-0.4, -0.2) is 179 Å². The fourth-order valence-electron chi connectivity index (χ4n) is 12.7. The maximum Gasteiger partial charge on any atom is 0.410 e. The normalized spacial score (nSPS) is 18.1. The predicted molar refractivity (Wildman–Crippen MR) is 412 cm³/mol. The molecule has 29 heteroatoms. The number of carbonyl (C=O) groups excluding carboxylic acids is 4. The van der Waals surface area contributed by atoms with E-state index < -0.39 is 77.0 Å². The van der Waals surface area contributed by atoms with Gasteiger partial charge >= 0.3 is 24.4 Å². The van der Waals surface area contributed by atoms with E-state index in [1.807, 2.05) is 30.3 Å². The summed E-state index contributed by atoms with van der Waals surface area (Å²) in [4.78, 5) is 58.2. The number of para-hydroxylation sites is 4. The number of rotatable bonds is 28. The summed E-state index contributed by atoms with van der Waals surface area (Å²) in [5.41, 5.74) is 4.54. The van der Waals surface area contributed by atoms with E-state index in [0.29, 0.717) is 41.9 Å². The second-order valence-electron chi connectivity index (χ2n) is 26.1. The van der Waals surface area contributed by atoms with Crippen LogP contribution in [-0.2, 0) is 18.9 Å². The minimum Gasteiger partial charge on any atom is -0.495 e. The van der Waals surface area contributed by atoms with Gasteiger partial charge in [0.2, 0.25) is 0 Å². The van der Waals surface area contributed by atoms with Crippen molar-refractivity contribution in [2.75, 3.05) is 145 Å². The van der Waals surface area contributed by atoms with Crippen molar-refractivity contribution in [3.05, 3.63) is 190 Å². The maximum absolute atomic E-state index is 13.6. The van der Waals surface area contributed by atoms with E-state index in [0.717, 1.165) is 193 Å². The Morgan fingerprint density at radius 2 is 0.750 bits per heavy atom. The highest BCUT2D eigenvalue weighted by Gasteiger charge is 2.37. The first-order valence-electron chi connectivity index (χ1n) is 36.7. The SMILES string of the molecule is CCCCCCBr.COc1ccccc1N1CCN(CCCCCN2C(=O)OCC2c2ccc(F)c(F)c2)CC1.COc1ccccc1N1CCNCC1.O=C1NC(c2ccc(F)c(F)c2)CO1.O=C1OCC(c2ccc(F)c(F)c2)N1CCCCCBr.O=C1OCC(c2ccc(F)c(F)c2)N1CCCCCBr. The minimum atomic E-state index is -0.927. The molecule has 6 aromatic rings. The summed E-state index contributed by atoms with van der Waals surface area (Å²) < 4.78 is 135. The molecule has 6 aliphatic rings. The van der Waals surface area contributed by atoms with Crippen molar-refractivity contribution in [2.45, 2.75) is 115 Å². The van der Waals surface area contributed by atoms with Crippen LogP contribution in [0.5, 0.6) is 11.5 Å². The predicted octanol–water partition coefficient (Wildman–Crippen LogP) is 18.3. The van der Waals surface area contributed by atoms with Crippen molar-refractivity contribution in [2.24, 2.45) is 0 Å². The number of unbranched alkanes of at least 4 members (excludes halogenated alkanes) is 9. The van der Waals surface area contributed by atoms with Crippen LogP contribution in [0.1, 0.15) is 137 Å². The van der Waals surface area contributed by atoms with Crippen LogP contribution >= 0.6 is 47.8 Å². The zero-order valence-corrected chi connectivity index (χ0v) is 66.2. The van der Waals surface area contributed by atoms with Gasteiger partial charge < -0.3 is 48.9 Å². The molecule has 108 heavy (non-hydrogen) atoms. The van der Waals surface area contributed by atoms with E-state index in [1.54, 1.807) is 28.9 Å². The number of ether oxygens (including phenoxy) is 6. The van der Waals surface area contributed by atoms with Crippen molar-refractivity contribution in [3.63, 3.8) is 0 Å². The minimum absolute atomic E-state index is 0.143. The molecule has 0 bridgehead atoms. The van der Waals surface area contributed by atoms with Crippen LogP contribution in [0.15, 0.2) is 121 Å². The Bertz CT molecular complexity index is 3650. The molecule has 18 nitrogen and oxygen atoms in total. The Labute approximate surface area is 653 Å². The fourth-order valence-corrected chi connectivity index (χ4v) is 13.9. The van der Waals surface area contributed by atoms with Crippen molar-refractivity contribution in [1.29, 1.82) is 0 Å². The van der Waals surface area contributed by atoms with Gasteiger partial charge in [-0.3, -0.25) is 19.6 Å². The molecule has 12 rings (SSSR count). The molecule has 0 spiro atoms. The largest absolute Gasteiger partial charge is 0.495 e. The Morgan fingerprint density at radius 3 is 1.11 bits per heavy atom. The lowest BCUT2D eigenvalue weighted by Crippen LogP contribution is -2.46. The molecule has 6 fully saturated rings. The van der Waals surface area contributed by atoms with Crippen LogP contribution in [0, 0.1) is 46.5 Å². The number of cyclic esters (lactones) is 4. The number of nitrogens with zero attached hydrogens (tertiary/aromatic N) is 6. The summed E-state index contributed by atoms with van der Waals surface area (Å²) in [6.07, 6.45) is 12.4. The van der Waals surface area contributed by atoms with Gasteiger partial charge in [-0.25, -0.2) is 54.3 Å². The third-order valence-electron chi connectivity index (χ3n) is 18.7. The van der Waals surface area contributed by atoms with E-state index in [9.17, 15) is 54.3 Å². The molecule has 592 valence electrons. The maximum atomic E-state index is 13.6. The first-order chi connectivity index (χ1) is 52.3. The number of amides is 4. The molecule has 6 aromatic carbocycles. The molecule has 0 aliphatic carbocycles. The summed E-state index contributed by atoms with van der Waals surface area (Å²) >= 11 is 10.1. The molecule has 6 aliphatic heterocycles. The molecule has 4 unspecified atom stereocenters. The van der Waals surface area contributed by atoms with Gasteiger partial charge in [0.25, 0.3) is 0 Å². The van der Waals surface area contributed by atoms with Gasteiger partial charge in [-0.15, -0.1) is 0 Å². The molecule has 0 aromatic heterocycles. The highest BCUT2D eigenvalue weighted by molar-refractivity contribution is 9.09. The molecule has 0 radical (unpaired) electrons. The number of anilines is 2. The van der Waals surface area contributed by atoms with Crippen LogP contribution < -0.4 is 29.9 Å². The van der Waals surface area contributed by atoms with Crippen molar-refractivity contribution in [3.8, 4) is 11.5 Å². The molecule has 4 atom stereocenters. The smallest absolute Gasteiger partial charge is 0.410 e. The average Bonchev–Trinajstić information content (AvgIpc) is 1.65. The number of hydrogen-bond acceptors (Lipinski definition) is 14. The second kappa shape index (κ2) is 47.5. The third-order valence-corrected chi connectivity index (χ3v) is 20.4. The molecule has 2 N–H and O–H groups in total. The number of methoxy groups -OCH3 is 2. The molecule has 6 heterocycles. The van der Waals surface area contributed by atoms with Gasteiger partial charge in [-0.05, 0) is 147 Å². The summed E-state index contributed by atoms with van der Waals surface area (Å²) in [7, 11) is 3.43. The summed E-state index contributed by atoms with van der Waals surface area (Å²) in [6, 6.07) is 29.6. The zero-order valence-electron chi connectivity index (χ0n) is 61.4. The van der Waals surface area contributed by atoms with Crippen molar-refractivity contribution >= 4 is 83.5 Å². The molecular weight excluding hydrogens is 1610 g/mol. The standard InChI is InChI=1S/C25H31F2N3O3.2C14H16BrF2NO2.C11H16N2O.C9H7F2NO2.C6H13Br/c1-32-24-8-4-3-7-22(24)29-15-13-28(14-16-29)11-5-2-6-12-30-23(18-33-25(30)31)19-9-10-20(26)21(27)17-19;2*15-6-2-1-3-7-18-13(9-20-14(18)19)10-4-5-11(16)12(17)8-10;1-14-11-5-3-2-4-10(11)13-8-6-12-7-9-13;10-6-2-1-5(3-7(6)11)8-4-14-9(13)12-8;1-2-3-4-5-6-7/h3-4,7-10,17,23H,2,5-6,11-16,18H2,1H3;2*4-5,8,13H,1-3,6-7,9H2;2-5,12H,6-9H2,1H3;1-3,8H,4H2,(H,12,13);2-6H2,1H3. The molecule has 6 saturated heterocycles. The Morgan fingerprint density at radius 1 is 0.398 bits per heavy atom. The fraction of sp³-hybridized carbons (Fsp3) is 0.494. The number of alkyl carbamates (subject to hydrolysis) is 1. The van der Waals surface area contributed by atoms with E-state index >= 15 is 0 Å². The first-order valence-corrected chi connectivity index (χ1v) is 40.1. The van der Waals surface area contributed by atoms with E-state index in [1.165, 1.54) is 61.0 Å². The van der Waals surface area contributed by atoms with Gasteiger partial charge in [0.1, 0.15) is 37.9 Å². The molecule has 0 saturated carbocycles. The highest BCUT2D eigenvalue weighted by atomic mass is 79.9. The van der Waals surface area contributed by atoms with Crippen LogP contribution in [0.3, 0.4) is 0 Å². The van der Waals surface area contributed by atoms with Gasteiger partial charge in [-0.1, -0.05) is 142 Å². The monoisotopic (exact) mass is 1710 g/mol. The Kier molecular flexibility index (Phi) is 38.5. The lowest BCUT2D eigenvalue weighted by Gasteiger charge is -2.36. The summed E-state index contributed by atoms with van der Waals surface area (Å²) in [5, 5.41) is 8.85. The van der Waals surface area contributed by atoms with Crippen LogP contribution in [0.2, 0.25) is 0 Å². The van der Waals surface area contributed by atoms with E-state index in [2.05, 4.69) is 103 Å². The number of carbonyl (C=O) groups is 4. The average molecular weight is 1710 g/mol. The van der Waals surface area contributed by atoms with E-state index in [4.69, 9.17) is 23.7 Å². The van der Waals surface area contributed by atoms with Gasteiger partial charge in [0.15, 0.2) is 46.5 Å². The number of alkyl halides is 3. The highest BCUT2D eigenvalue weighted by Crippen LogP contribution is 2.34. The van der Waals surface area contributed by atoms with Crippen molar-refractivity contribution < 1.29 is 82.7 Å². The van der Waals surface area contributed by atoms with E-state index in [-0.39, 0.29) is 44.6 Å². The second-order valence-corrected chi connectivity index (χ2v) is 28.4. The number of nitrogens with one attached hydrogen (secondary N) is 2. The number of hydrogen-bond donors (Lipinski definition) is 2. The van der Waals surface area contributed by atoms with Gasteiger partial charge in [0.05, 0.1) is 49.8 Å².